The minimum Gasteiger partial charge on any atom is -0.399 e. The predicted molar refractivity (Wildman–Crippen MR) is 76.2 cm³/mol. The topological polar surface area (TPSA) is 21.6 Å². The lowest BCUT2D eigenvalue weighted by atomic mass is 9.66. The van der Waals surface area contributed by atoms with Crippen LogP contribution in [0.25, 0.3) is 0 Å². The first-order valence-corrected chi connectivity index (χ1v) is 6.68. The molecule has 0 amide bonds. The zero-order valence-electron chi connectivity index (χ0n) is 12.1. The van der Waals surface area contributed by atoms with E-state index in [1.807, 2.05) is 6.92 Å². The van der Waals surface area contributed by atoms with Gasteiger partial charge in [0.25, 0.3) is 0 Å². The summed E-state index contributed by atoms with van der Waals surface area (Å²) >= 11 is 0. The Bertz CT molecular complexity index is 474. The minimum atomic E-state index is 0.276. The van der Waals surface area contributed by atoms with Crippen molar-refractivity contribution in [2.24, 2.45) is 11.1 Å². The molecule has 0 spiro atoms. The number of aryl methyl sites for hydroxylation is 1. The Morgan fingerprint density at radius 1 is 1.39 bits per heavy atom. The number of hydrogen-bond acceptors (Lipinski definition) is 2. The molecule has 0 bridgehead atoms. The van der Waals surface area contributed by atoms with Gasteiger partial charge in [0.1, 0.15) is 7.11 Å². The molecule has 1 aromatic rings. The Kier molecular flexibility index (Phi) is 3.47. The van der Waals surface area contributed by atoms with Crippen LogP contribution in [0.15, 0.2) is 23.4 Å². The third kappa shape index (κ3) is 2.16. The quantitative estimate of drug-likeness (QED) is 0.571. The van der Waals surface area contributed by atoms with Crippen molar-refractivity contribution in [2.75, 3.05) is 7.11 Å². The monoisotopic (exact) mass is 245 g/mol. The first-order valence-electron chi connectivity index (χ1n) is 6.68. The normalized spacial score (nSPS) is 22.5. The van der Waals surface area contributed by atoms with Crippen LogP contribution >= 0.6 is 0 Å². The fraction of sp³-hybridized carbons (Fsp3) is 0.562. The van der Waals surface area contributed by atoms with Gasteiger partial charge in [-0.15, -0.1) is 0 Å². The van der Waals surface area contributed by atoms with Crippen LogP contribution < -0.4 is 0 Å². The molecular formula is C16H23NO. The molecule has 0 aromatic heterocycles. The molecule has 0 fully saturated rings. The highest BCUT2D eigenvalue weighted by atomic mass is 16.6. The molecule has 18 heavy (non-hydrogen) atoms. The van der Waals surface area contributed by atoms with E-state index in [1.54, 1.807) is 7.11 Å². The van der Waals surface area contributed by atoms with Crippen molar-refractivity contribution in [1.82, 2.24) is 0 Å². The largest absolute Gasteiger partial charge is 0.399 e. The molecule has 2 heteroatoms. The van der Waals surface area contributed by atoms with Crippen molar-refractivity contribution in [3.63, 3.8) is 0 Å². The van der Waals surface area contributed by atoms with E-state index < -0.39 is 0 Å². The second-order valence-electron chi connectivity index (χ2n) is 5.89. The van der Waals surface area contributed by atoms with Crippen molar-refractivity contribution >= 4 is 5.71 Å². The maximum absolute atomic E-state index is 4.85. The van der Waals surface area contributed by atoms with E-state index in [-0.39, 0.29) is 5.41 Å². The number of nitrogens with zero attached hydrogens (tertiary/aromatic N) is 1. The second-order valence-corrected chi connectivity index (χ2v) is 5.89. The van der Waals surface area contributed by atoms with Gasteiger partial charge < -0.3 is 4.84 Å². The number of oxime groups is 1. The fourth-order valence-electron chi connectivity index (χ4n) is 2.84. The van der Waals surface area contributed by atoms with Crippen LogP contribution in [0.2, 0.25) is 0 Å². The predicted octanol–water partition coefficient (Wildman–Crippen LogP) is 3.92. The van der Waals surface area contributed by atoms with E-state index in [2.05, 4.69) is 44.1 Å². The molecule has 2 nitrogen and oxygen atoms in total. The summed E-state index contributed by atoms with van der Waals surface area (Å²) in [5.41, 5.74) is 5.35. The Labute approximate surface area is 110 Å². The molecule has 0 saturated heterocycles. The van der Waals surface area contributed by atoms with E-state index >= 15 is 0 Å². The maximum atomic E-state index is 4.85. The van der Waals surface area contributed by atoms with Crippen LogP contribution in [0.1, 0.15) is 50.8 Å². The molecule has 98 valence electrons. The van der Waals surface area contributed by atoms with Crippen molar-refractivity contribution in [3.8, 4) is 0 Å². The number of fused-ring (bicyclic) bond motifs is 1. The number of benzene rings is 1. The SMILES string of the molecule is CO/N=C(\C)c1ccc2c(c1)CCC(C)C2(C)C. The molecule has 0 heterocycles. The molecule has 0 aliphatic heterocycles. The summed E-state index contributed by atoms with van der Waals surface area (Å²) in [5, 5.41) is 4.01. The zero-order chi connectivity index (χ0) is 13.3. The summed E-state index contributed by atoms with van der Waals surface area (Å²) < 4.78 is 0. The third-order valence-corrected chi connectivity index (χ3v) is 4.52. The van der Waals surface area contributed by atoms with Gasteiger partial charge in [-0.2, -0.15) is 0 Å². The standard InChI is InChI=1S/C16H23NO/c1-11-6-7-14-10-13(12(2)17-18-5)8-9-15(14)16(11,3)4/h8-11H,6-7H2,1-5H3/b17-12+. The Morgan fingerprint density at radius 2 is 2.11 bits per heavy atom. The van der Waals surface area contributed by atoms with E-state index in [0.717, 1.165) is 11.6 Å². The zero-order valence-corrected chi connectivity index (χ0v) is 12.1. The fourth-order valence-corrected chi connectivity index (χ4v) is 2.84. The van der Waals surface area contributed by atoms with Gasteiger partial charge >= 0.3 is 0 Å². The van der Waals surface area contributed by atoms with E-state index in [4.69, 9.17) is 4.84 Å². The summed E-state index contributed by atoms with van der Waals surface area (Å²) in [6, 6.07) is 6.71. The summed E-state index contributed by atoms with van der Waals surface area (Å²) in [6.07, 6.45) is 2.44. The first-order chi connectivity index (χ1) is 8.46. The Hall–Kier alpha value is -1.31. The minimum absolute atomic E-state index is 0.276. The van der Waals surface area contributed by atoms with E-state index in [1.165, 1.54) is 29.5 Å². The number of rotatable bonds is 2. The van der Waals surface area contributed by atoms with Gasteiger partial charge in [0, 0.05) is 0 Å². The van der Waals surface area contributed by atoms with Gasteiger partial charge in [0.05, 0.1) is 5.71 Å². The lowest BCUT2D eigenvalue weighted by Crippen LogP contribution is -2.32. The molecule has 1 aliphatic rings. The van der Waals surface area contributed by atoms with Gasteiger partial charge in [0.2, 0.25) is 0 Å². The van der Waals surface area contributed by atoms with Gasteiger partial charge in [-0.1, -0.05) is 38.1 Å². The molecule has 1 atom stereocenters. The lowest BCUT2D eigenvalue weighted by molar-refractivity contribution is 0.213. The van der Waals surface area contributed by atoms with Gasteiger partial charge in [0.15, 0.2) is 0 Å². The molecule has 0 N–H and O–H groups in total. The highest BCUT2D eigenvalue weighted by Gasteiger charge is 2.33. The van der Waals surface area contributed by atoms with Crippen molar-refractivity contribution in [2.45, 2.75) is 46.0 Å². The average Bonchev–Trinajstić information content (AvgIpc) is 2.34. The Morgan fingerprint density at radius 3 is 2.78 bits per heavy atom. The third-order valence-electron chi connectivity index (χ3n) is 4.52. The summed E-state index contributed by atoms with van der Waals surface area (Å²) in [7, 11) is 1.59. The van der Waals surface area contributed by atoms with Crippen LogP contribution in [0, 0.1) is 5.92 Å². The molecule has 1 aliphatic carbocycles. The van der Waals surface area contributed by atoms with Gasteiger partial charge in [-0.05, 0) is 53.9 Å². The van der Waals surface area contributed by atoms with Crippen LogP contribution in [-0.2, 0) is 16.7 Å². The van der Waals surface area contributed by atoms with Gasteiger partial charge in [-0.3, -0.25) is 0 Å². The molecule has 2 rings (SSSR count). The van der Waals surface area contributed by atoms with Gasteiger partial charge in [-0.25, -0.2) is 0 Å². The Balaban J connectivity index is 2.43. The average molecular weight is 245 g/mol. The van der Waals surface area contributed by atoms with Crippen molar-refractivity contribution in [3.05, 3.63) is 34.9 Å². The number of hydrogen-bond donors (Lipinski definition) is 0. The molecular weight excluding hydrogens is 222 g/mol. The summed E-state index contributed by atoms with van der Waals surface area (Å²) in [4.78, 5) is 4.85. The molecule has 0 saturated carbocycles. The van der Waals surface area contributed by atoms with Crippen LogP contribution in [-0.4, -0.2) is 12.8 Å². The van der Waals surface area contributed by atoms with Crippen LogP contribution in [0.4, 0.5) is 0 Å². The highest BCUT2D eigenvalue weighted by molar-refractivity contribution is 5.98. The summed E-state index contributed by atoms with van der Waals surface area (Å²) in [5.74, 6) is 0.740. The molecule has 0 radical (unpaired) electrons. The smallest absolute Gasteiger partial charge is 0.106 e. The van der Waals surface area contributed by atoms with E-state index in [0.29, 0.717) is 0 Å². The molecule has 1 unspecified atom stereocenters. The molecule has 1 aromatic carbocycles. The maximum Gasteiger partial charge on any atom is 0.106 e. The summed E-state index contributed by atoms with van der Waals surface area (Å²) in [6.45, 7) is 9.05. The second kappa shape index (κ2) is 4.75. The van der Waals surface area contributed by atoms with E-state index in [9.17, 15) is 0 Å². The van der Waals surface area contributed by atoms with Crippen LogP contribution in [0.5, 0.6) is 0 Å². The highest BCUT2D eigenvalue weighted by Crippen LogP contribution is 2.41. The first kappa shape index (κ1) is 13.1. The lowest BCUT2D eigenvalue weighted by Gasteiger charge is -2.38. The van der Waals surface area contributed by atoms with Crippen molar-refractivity contribution in [1.29, 1.82) is 0 Å². The van der Waals surface area contributed by atoms with Crippen LogP contribution in [0.3, 0.4) is 0 Å². The van der Waals surface area contributed by atoms with Crippen molar-refractivity contribution < 1.29 is 4.84 Å².